The Hall–Kier alpha value is -13.0. The van der Waals surface area contributed by atoms with Crippen LogP contribution in [0.25, 0.3) is 10.9 Å². The fourth-order valence-electron chi connectivity index (χ4n) is 14.2. The second-order valence-corrected chi connectivity index (χ2v) is 33.5. The molecular weight excluding hydrogens is 1720 g/mol. The van der Waals surface area contributed by atoms with E-state index in [1.54, 1.807) is 84.1 Å². The van der Waals surface area contributed by atoms with Gasteiger partial charge in [0.2, 0.25) is 76.8 Å². The standard InChI is InChI=1S/C88H143N27O18/c1-8-49(5)70(115-78(125)61(24-13-16-38-90)107-79(126)66(44-53-31-35-56(118)36-32-53)111-82(129)69(48(3)4)113-84(131)71(50(6)9-2)114-73(120)58(92)43-52-29-33-55(117)34-30-52)83(130)108-64(28-20-42-101-88(97)98)77(124)112-68(47-116)81(128)103-51(7)72(119)110-67(45-54-46-102-59-22-11-10-21-57(54)59)80(127)106-60(23-12-15-37-89)74(121)104-62(26-18-40-99-86(93)94)75(122)105-63(27-19-41-100-87(95)96)76(123)109-65(85(132)133)25-14-17-39-91/h10-11,21-22,29-36,46,48-51,58,60-71,102,116-118H,8-9,12-20,23-28,37-45,47,89-92H2,1-7H3,(H,103,128)(H,104,121)(H,105,122)(H,106,127)(H,107,126)(H,108,130)(H,109,123)(H,110,119)(H,111,129)(H,112,124)(H,113,131)(H,114,120)(H,115,125)(H,132,133)(H4,93,94,99)(H4,95,96,100)(H4,97,98,101)/t49-,50-,51-,58-,60-,61-,62-,63-,64-,65-,66-,67-,68-,69-,70-,71-/m0/s1. The number of fused-ring (bicyclic) bond motifs is 1. The second kappa shape index (κ2) is 59.4. The number of phenolic OH excluding ortho intramolecular Hbond substituents is 2. The number of carbonyl (C=O) groups excluding carboxylic acids is 13. The van der Waals surface area contributed by atoms with Gasteiger partial charge in [-0.05, 0) is 194 Å². The number of carbonyl (C=O) groups is 14. The number of nitrogens with two attached hydrogens (primary N) is 7. The first-order chi connectivity index (χ1) is 63.2. The molecule has 4 aromatic rings. The second-order valence-electron chi connectivity index (χ2n) is 33.5. The lowest BCUT2D eigenvalue weighted by atomic mass is 9.95. The van der Waals surface area contributed by atoms with Crippen molar-refractivity contribution in [2.45, 2.75) is 261 Å². The summed E-state index contributed by atoms with van der Waals surface area (Å²) < 4.78 is 0. The van der Waals surface area contributed by atoms with Crippen molar-refractivity contribution in [3.8, 4) is 11.5 Å². The van der Waals surface area contributed by atoms with Crippen LogP contribution < -0.4 is 125 Å². The van der Waals surface area contributed by atoms with Crippen LogP contribution in [0, 0.1) is 34.0 Å². The molecule has 3 aromatic carbocycles. The van der Waals surface area contributed by atoms with Gasteiger partial charge in [-0.25, -0.2) is 4.79 Å². The summed E-state index contributed by atoms with van der Waals surface area (Å²) in [5.41, 5.74) is 42.6. The molecule has 0 aliphatic heterocycles. The maximum atomic E-state index is 15.0. The van der Waals surface area contributed by atoms with Gasteiger partial charge >= 0.3 is 5.97 Å². The van der Waals surface area contributed by atoms with Crippen LogP contribution in [0.2, 0.25) is 0 Å². The molecular formula is C88H143N27O18. The first-order valence-corrected chi connectivity index (χ1v) is 45.2. The Morgan fingerprint density at radius 2 is 0.692 bits per heavy atom. The van der Waals surface area contributed by atoms with Crippen LogP contribution in [0.5, 0.6) is 11.5 Å². The number of para-hydroxylation sites is 1. The van der Waals surface area contributed by atoms with E-state index in [4.69, 9.17) is 56.4 Å². The van der Waals surface area contributed by atoms with Crippen LogP contribution in [0.3, 0.4) is 0 Å². The van der Waals surface area contributed by atoms with Crippen molar-refractivity contribution in [1.82, 2.24) is 90.1 Å². The Kier molecular flexibility index (Phi) is 50.2. The summed E-state index contributed by atoms with van der Waals surface area (Å²) in [5.74, 6) is -16.3. The zero-order valence-corrected chi connectivity index (χ0v) is 77.0. The highest BCUT2D eigenvalue weighted by Crippen LogP contribution is 2.22. The minimum Gasteiger partial charge on any atom is -0.508 e. The van der Waals surface area contributed by atoms with Crippen LogP contribution in [-0.2, 0) is 86.4 Å². The number of hydrogen-bond acceptors (Lipinski definition) is 24. The van der Waals surface area contributed by atoms with E-state index in [2.05, 4.69) is 90.1 Å². The number of rotatable bonds is 63. The molecule has 16 atom stereocenters. The Bertz CT molecular complexity index is 4470. The molecule has 133 heavy (non-hydrogen) atoms. The van der Waals surface area contributed by atoms with E-state index in [9.17, 15) is 82.8 Å². The molecule has 0 spiro atoms. The number of carboxylic acids is 1. The molecule has 45 heteroatoms. The third kappa shape index (κ3) is 40.3. The quantitative estimate of drug-likeness (QED) is 0.0115. The van der Waals surface area contributed by atoms with E-state index in [1.807, 2.05) is 0 Å². The predicted molar refractivity (Wildman–Crippen MR) is 499 cm³/mol. The van der Waals surface area contributed by atoms with E-state index in [0.717, 1.165) is 0 Å². The average Bonchev–Trinajstić information content (AvgIpc) is 1.56. The fraction of sp³-hybridized carbons (Fsp3) is 0.580. The molecule has 0 bridgehead atoms. The molecule has 0 fully saturated rings. The molecule has 45 nitrogen and oxygen atoms in total. The maximum absolute atomic E-state index is 15.0. The van der Waals surface area contributed by atoms with Gasteiger partial charge in [-0.2, -0.15) is 0 Å². The molecule has 0 aliphatic carbocycles. The van der Waals surface area contributed by atoms with Crippen molar-refractivity contribution in [3.05, 3.63) is 95.7 Å². The van der Waals surface area contributed by atoms with E-state index in [-0.39, 0.29) is 153 Å². The van der Waals surface area contributed by atoms with Gasteiger partial charge in [0.05, 0.1) is 12.6 Å². The zero-order valence-electron chi connectivity index (χ0n) is 77.0. The number of phenols is 2. The lowest BCUT2D eigenvalue weighted by Crippen LogP contribution is -2.62. The Morgan fingerprint density at radius 1 is 0.368 bits per heavy atom. The molecule has 1 aromatic heterocycles. The number of guanidine groups is 3. The first-order valence-electron chi connectivity index (χ1n) is 45.2. The third-order valence-electron chi connectivity index (χ3n) is 22.4. The van der Waals surface area contributed by atoms with Gasteiger partial charge in [-0.15, -0.1) is 0 Å². The number of aromatic hydroxyl groups is 2. The minimum absolute atomic E-state index is 0.00671. The highest BCUT2D eigenvalue weighted by atomic mass is 16.4. The predicted octanol–water partition coefficient (Wildman–Crippen LogP) is -3.74. The van der Waals surface area contributed by atoms with Crippen molar-refractivity contribution in [1.29, 1.82) is 16.2 Å². The van der Waals surface area contributed by atoms with Crippen LogP contribution in [0.15, 0.2) is 79.0 Å². The molecule has 0 radical (unpaired) electrons. The summed E-state index contributed by atoms with van der Waals surface area (Å²) in [4.78, 5) is 205. The van der Waals surface area contributed by atoms with Gasteiger partial charge in [-0.3, -0.25) is 78.6 Å². The molecule has 13 amide bonds. The number of aliphatic carboxylic acids is 1. The number of hydrogen-bond donors (Lipinski definition) is 31. The number of unbranched alkanes of at least 4 members (excludes halogenated alkanes) is 3. The van der Waals surface area contributed by atoms with Gasteiger partial charge < -0.3 is 151 Å². The largest absolute Gasteiger partial charge is 0.508 e. The van der Waals surface area contributed by atoms with Gasteiger partial charge in [0.15, 0.2) is 17.9 Å². The van der Waals surface area contributed by atoms with Crippen molar-refractivity contribution in [2.75, 3.05) is 45.9 Å². The number of aliphatic hydroxyl groups excluding tert-OH is 1. The van der Waals surface area contributed by atoms with Crippen molar-refractivity contribution in [3.63, 3.8) is 0 Å². The molecule has 0 aliphatic rings. The molecule has 0 saturated heterocycles. The molecule has 738 valence electrons. The maximum Gasteiger partial charge on any atom is 0.326 e. The molecule has 1 heterocycles. The summed E-state index contributed by atoms with van der Waals surface area (Å²) in [6.45, 7) is 11.0. The smallest absolute Gasteiger partial charge is 0.326 e. The number of aromatic nitrogens is 1. The Labute approximate surface area is 774 Å². The van der Waals surface area contributed by atoms with Crippen molar-refractivity contribution in [2.24, 2.45) is 57.9 Å². The molecule has 0 saturated carbocycles. The number of amides is 13. The Morgan fingerprint density at radius 3 is 1.10 bits per heavy atom. The number of aliphatic hydroxyl groups is 1. The minimum atomic E-state index is -1.86. The van der Waals surface area contributed by atoms with E-state index in [0.29, 0.717) is 59.7 Å². The van der Waals surface area contributed by atoms with E-state index < -0.39 is 204 Å². The number of benzene rings is 3. The van der Waals surface area contributed by atoms with Gasteiger partial charge in [0, 0.05) is 49.6 Å². The van der Waals surface area contributed by atoms with Crippen LogP contribution >= 0.6 is 0 Å². The normalized spacial score (nSPS) is 14.8. The lowest BCUT2D eigenvalue weighted by Gasteiger charge is -2.31. The first kappa shape index (κ1) is 112. The van der Waals surface area contributed by atoms with Crippen molar-refractivity contribution < 1.29 is 87.5 Å². The number of carboxylic acid groups (broad SMARTS) is 1. The summed E-state index contributed by atoms with van der Waals surface area (Å²) in [5, 5.41) is 107. The lowest BCUT2D eigenvalue weighted by molar-refractivity contribution is -0.142. The van der Waals surface area contributed by atoms with E-state index in [1.165, 1.54) is 43.3 Å². The number of aromatic amines is 1. The fourth-order valence-corrected chi connectivity index (χ4v) is 14.2. The van der Waals surface area contributed by atoms with Crippen LogP contribution in [0.4, 0.5) is 0 Å². The summed E-state index contributed by atoms with van der Waals surface area (Å²) in [7, 11) is 0. The summed E-state index contributed by atoms with van der Waals surface area (Å²) in [6.07, 6.45) is 3.38. The van der Waals surface area contributed by atoms with Gasteiger partial charge in [-0.1, -0.05) is 96.8 Å². The average molecular weight is 1870 g/mol. The zero-order chi connectivity index (χ0) is 99.0. The SMILES string of the molecule is CC[C@H](C)[C@H](NC(=O)[C@H](CCCCN)NC(=O)[C@H](Cc1ccc(O)cc1)NC(=O)[C@@H](NC(=O)[C@@H](NC(=O)[C@@H](N)Cc1ccc(O)cc1)[C@@H](C)CC)C(C)C)C(=O)N[C@@H](CCCNC(=N)N)C(=O)N[C@@H](CO)C(=O)N[C@@H](C)C(=O)N[C@@H](Cc1c[nH]c2ccccc12)C(=O)N[C@@H](CCCCN)C(=O)N[C@@H](CCCNC(=N)N)C(=O)N[C@@H](CCCNC(=N)N)C(=O)N[C@@H](CCCCN)C(=O)O. The van der Waals surface area contributed by atoms with E-state index >= 15 is 4.79 Å². The topological polar surface area (TPSA) is 782 Å². The Balaban J connectivity index is 1.64. The molecule has 38 N–H and O–H groups in total. The third-order valence-corrected chi connectivity index (χ3v) is 22.4. The number of nitrogens with one attached hydrogen (secondary N) is 20. The molecule has 4 rings (SSSR count). The van der Waals surface area contributed by atoms with Gasteiger partial charge in [0.25, 0.3) is 0 Å². The van der Waals surface area contributed by atoms with Crippen molar-refractivity contribution >= 4 is 112 Å². The van der Waals surface area contributed by atoms with Crippen LogP contribution in [0.1, 0.15) is 174 Å². The number of H-pyrrole nitrogens is 1. The monoisotopic (exact) mass is 1870 g/mol. The summed E-state index contributed by atoms with van der Waals surface area (Å²) in [6, 6.07) is -1.51. The summed E-state index contributed by atoms with van der Waals surface area (Å²) >= 11 is 0. The van der Waals surface area contributed by atoms with Crippen LogP contribution in [-0.4, -0.2) is 257 Å². The highest BCUT2D eigenvalue weighted by Gasteiger charge is 2.40. The highest BCUT2D eigenvalue weighted by molar-refractivity contribution is 6.01. The van der Waals surface area contributed by atoms with Gasteiger partial charge in [0.1, 0.15) is 90.0 Å². The molecule has 0 unspecified atom stereocenters.